The smallest absolute Gasteiger partial charge is 0.458 e. The Bertz CT molecular complexity index is 1150. The van der Waals surface area contributed by atoms with Crippen LogP contribution in [0.3, 0.4) is 0 Å². The number of nitrogens with zero attached hydrogens (tertiary/aromatic N) is 1. The molecule has 0 aromatic heterocycles. The minimum Gasteiger partial charge on any atom is -0.458 e. The standard InChI is InChI=1S/C44H76NO8P/c1-6-8-10-12-14-16-18-20-22-24-26-28-30-32-34-36-43(46)50-40-42(41-52-54(48,49)51-39-38-45(3,4)5)53-44(47)37-35-33-31-29-27-25-23-21-19-17-15-13-11-9-7-2/h9,11,13,15,17,19,21,23,30,32,34,36,42H,6-8,10,12,14,16,18,20,22,24-29,31,33,35,37-41H2,1-5H3/p+1/b11-9+,15-13+,19-17+,23-21+,32-30+,36-34+/t42-/m1/s1. The lowest BCUT2D eigenvalue weighted by Crippen LogP contribution is -2.37. The SMILES string of the molecule is CC/C=C/C=C/C=C/C=C/CCCCCCCC(=O)O[C@H](COC(=O)/C=C/C=C/CCCCCCCCCCCCC)COP(=O)(O)OCC[N+](C)(C)C. The van der Waals surface area contributed by atoms with Gasteiger partial charge in [-0.15, -0.1) is 0 Å². The number of hydrogen-bond acceptors (Lipinski definition) is 7. The molecule has 310 valence electrons. The summed E-state index contributed by atoms with van der Waals surface area (Å²) in [7, 11) is 1.40. The number of likely N-dealkylation sites (N-methyl/N-ethyl adjacent to an activating group) is 1. The molecule has 1 N–H and O–H groups in total. The van der Waals surface area contributed by atoms with Gasteiger partial charge >= 0.3 is 19.8 Å². The summed E-state index contributed by atoms with van der Waals surface area (Å²) in [5, 5.41) is 0. The number of allylic oxidation sites excluding steroid dienone is 11. The molecule has 1 unspecified atom stereocenters. The number of quaternary nitrogens is 1. The molecule has 0 amide bonds. The van der Waals surface area contributed by atoms with Crippen LogP contribution in [-0.4, -0.2) is 74.9 Å². The zero-order valence-corrected chi connectivity index (χ0v) is 35.6. The molecule has 0 bridgehead atoms. The van der Waals surface area contributed by atoms with E-state index in [1.807, 2.05) is 63.7 Å². The van der Waals surface area contributed by atoms with Crippen LogP contribution in [0.1, 0.15) is 142 Å². The van der Waals surface area contributed by atoms with E-state index in [1.165, 1.54) is 70.3 Å². The molecule has 0 saturated carbocycles. The molecule has 0 saturated heterocycles. The van der Waals surface area contributed by atoms with Crippen LogP contribution in [0.5, 0.6) is 0 Å². The summed E-state index contributed by atoms with van der Waals surface area (Å²) in [5.41, 5.74) is 0. The highest BCUT2D eigenvalue weighted by atomic mass is 31.2. The molecule has 54 heavy (non-hydrogen) atoms. The number of carbonyl (C=O) groups is 2. The number of rotatable bonds is 36. The van der Waals surface area contributed by atoms with E-state index in [2.05, 4.69) is 32.1 Å². The Morgan fingerprint density at radius 2 is 1.13 bits per heavy atom. The van der Waals surface area contributed by atoms with E-state index < -0.39 is 32.5 Å². The Balaban J connectivity index is 4.56. The van der Waals surface area contributed by atoms with Gasteiger partial charge in [-0.1, -0.05) is 164 Å². The first kappa shape index (κ1) is 51.5. The Labute approximate surface area is 329 Å². The van der Waals surface area contributed by atoms with Gasteiger partial charge in [0.1, 0.15) is 19.8 Å². The van der Waals surface area contributed by atoms with Crippen LogP contribution in [0.15, 0.2) is 72.9 Å². The van der Waals surface area contributed by atoms with Crippen molar-refractivity contribution in [2.24, 2.45) is 0 Å². The molecule has 2 atom stereocenters. The van der Waals surface area contributed by atoms with Crippen LogP contribution < -0.4 is 0 Å². The van der Waals surface area contributed by atoms with Crippen molar-refractivity contribution in [3.8, 4) is 0 Å². The summed E-state index contributed by atoms with van der Waals surface area (Å²) in [5.74, 6) is -1.09. The van der Waals surface area contributed by atoms with Gasteiger partial charge in [-0.3, -0.25) is 13.8 Å². The summed E-state index contributed by atoms with van der Waals surface area (Å²) in [6.45, 7) is 4.10. The fourth-order valence-corrected chi connectivity index (χ4v) is 5.91. The van der Waals surface area contributed by atoms with Crippen LogP contribution in [-0.2, 0) is 32.7 Å². The Hall–Kier alpha value is -2.55. The van der Waals surface area contributed by atoms with Gasteiger partial charge in [0.25, 0.3) is 0 Å². The van der Waals surface area contributed by atoms with E-state index in [9.17, 15) is 19.0 Å². The van der Waals surface area contributed by atoms with E-state index in [-0.39, 0.29) is 19.6 Å². The lowest BCUT2D eigenvalue weighted by Gasteiger charge is -2.24. The van der Waals surface area contributed by atoms with Gasteiger partial charge in [0.05, 0.1) is 27.7 Å². The highest BCUT2D eigenvalue weighted by molar-refractivity contribution is 7.47. The van der Waals surface area contributed by atoms with Gasteiger partial charge in [-0.2, -0.15) is 0 Å². The maximum absolute atomic E-state index is 12.6. The lowest BCUT2D eigenvalue weighted by atomic mass is 10.1. The molecule has 0 aliphatic heterocycles. The van der Waals surface area contributed by atoms with Gasteiger partial charge in [0, 0.05) is 12.5 Å². The lowest BCUT2D eigenvalue weighted by molar-refractivity contribution is -0.870. The number of unbranched alkanes of at least 4 members (excludes halogenated alkanes) is 16. The molecule has 0 radical (unpaired) electrons. The molecule has 0 spiro atoms. The normalized spacial score (nSPS) is 14.4. The third-order valence-corrected chi connectivity index (χ3v) is 9.40. The third kappa shape index (κ3) is 39.2. The number of carbonyl (C=O) groups excluding carboxylic acids is 2. The molecular formula is C44H77NO8P+. The summed E-state index contributed by atoms with van der Waals surface area (Å²) in [6, 6.07) is 0. The second-order valence-electron chi connectivity index (χ2n) is 14.8. The van der Waals surface area contributed by atoms with E-state index >= 15 is 0 Å². The maximum Gasteiger partial charge on any atom is 0.472 e. The van der Waals surface area contributed by atoms with Crippen molar-refractivity contribution in [3.63, 3.8) is 0 Å². The summed E-state index contributed by atoms with van der Waals surface area (Å²) in [4.78, 5) is 35.2. The fourth-order valence-electron chi connectivity index (χ4n) is 5.17. The van der Waals surface area contributed by atoms with Gasteiger partial charge in [-0.25, -0.2) is 9.36 Å². The number of phosphoric acid groups is 1. The number of hydrogen-bond donors (Lipinski definition) is 1. The molecule has 0 fully saturated rings. The molecule has 0 aromatic carbocycles. The van der Waals surface area contributed by atoms with E-state index in [4.69, 9.17) is 18.5 Å². The molecule has 0 aromatic rings. The highest BCUT2D eigenvalue weighted by Gasteiger charge is 2.26. The zero-order chi connectivity index (χ0) is 40.0. The largest absolute Gasteiger partial charge is 0.472 e. The minimum absolute atomic E-state index is 0.0103. The average Bonchev–Trinajstić information content (AvgIpc) is 3.12. The predicted molar refractivity (Wildman–Crippen MR) is 224 cm³/mol. The van der Waals surface area contributed by atoms with Gasteiger partial charge in [0.15, 0.2) is 6.10 Å². The van der Waals surface area contributed by atoms with Crippen molar-refractivity contribution in [1.82, 2.24) is 0 Å². The second kappa shape index (κ2) is 36.1. The third-order valence-electron chi connectivity index (χ3n) is 8.42. The first-order valence-corrected chi connectivity index (χ1v) is 22.3. The summed E-state index contributed by atoms with van der Waals surface area (Å²) < 4.78 is 34.0. The zero-order valence-electron chi connectivity index (χ0n) is 34.7. The second-order valence-corrected chi connectivity index (χ2v) is 16.3. The van der Waals surface area contributed by atoms with Crippen molar-refractivity contribution >= 4 is 19.8 Å². The van der Waals surface area contributed by atoms with Crippen LogP contribution in [0.2, 0.25) is 0 Å². The van der Waals surface area contributed by atoms with Crippen molar-refractivity contribution in [2.75, 3.05) is 47.5 Å². The average molecular weight is 779 g/mol. The van der Waals surface area contributed by atoms with Crippen molar-refractivity contribution < 1.29 is 42.1 Å². The number of ether oxygens (including phenoxy) is 2. The highest BCUT2D eigenvalue weighted by Crippen LogP contribution is 2.43. The summed E-state index contributed by atoms with van der Waals surface area (Å²) in [6.07, 6.45) is 44.4. The topological polar surface area (TPSA) is 108 Å². The van der Waals surface area contributed by atoms with Crippen molar-refractivity contribution in [3.05, 3.63) is 72.9 Å². The Morgan fingerprint density at radius 3 is 1.69 bits per heavy atom. The predicted octanol–water partition coefficient (Wildman–Crippen LogP) is 11.5. The van der Waals surface area contributed by atoms with Crippen LogP contribution in [0, 0.1) is 0 Å². The van der Waals surface area contributed by atoms with Crippen molar-refractivity contribution in [1.29, 1.82) is 0 Å². The van der Waals surface area contributed by atoms with Gasteiger partial charge < -0.3 is 18.9 Å². The molecule has 0 aliphatic carbocycles. The number of phosphoric ester groups is 1. The summed E-state index contributed by atoms with van der Waals surface area (Å²) >= 11 is 0. The van der Waals surface area contributed by atoms with Crippen LogP contribution in [0.25, 0.3) is 0 Å². The fraction of sp³-hybridized carbons (Fsp3) is 0.682. The minimum atomic E-state index is -4.40. The Morgan fingerprint density at radius 1 is 0.630 bits per heavy atom. The molecule has 9 nitrogen and oxygen atoms in total. The number of esters is 2. The first-order chi connectivity index (χ1) is 26.0. The molecular weight excluding hydrogens is 701 g/mol. The molecule has 0 aliphatic rings. The Kier molecular flexibility index (Phi) is 34.4. The van der Waals surface area contributed by atoms with E-state index in [0.29, 0.717) is 17.4 Å². The molecule has 0 rings (SSSR count). The van der Waals surface area contributed by atoms with Crippen LogP contribution >= 0.6 is 7.82 Å². The molecule has 10 heteroatoms. The van der Waals surface area contributed by atoms with Gasteiger partial charge in [-0.05, 0) is 38.5 Å². The van der Waals surface area contributed by atoms with E-state index in [0.717, 1.165) is 51.4 Å². The maximum atomic E-state index is 12.6. The monoisotopic (exact) mass is 779 g/mol. The molecule has 0 heterocycles. The van der Waals surface area contributed by atoms with E-state index in [1.54, 1.807) is 6.08 Å². The van der Waals surface area contributed by atoms with Crippen LogP contribution in [0.4, 0.5) is 0 Å². The van der Waals surface area contributed by atoms with Crippen molar-refractivity contribution in [2.45, 2.75) is 148 Å². The quantitative estimate of drug-likeness (QED) is 0.0167. The van der Waals surface area contributed by atoms with Gasteiger partial charge in [0.2, 0.25) is 0 Å². The first-order valence-electron chi connectivity index (χ1n) is 20.8.